The fourth-order valence-electron chi connectivity index (χ4n) is 1.42. The standard InChI is InChI=1S/C11H15Cl2NO.ClH/c1-2-3-10(15)11(14)7-4-5-8(12)9(13)6-7;/h4-6,10-11,15H,2-3,14H2,1H3;1H/t10-,11+;/m1./s1. The molecule has 0 radical (unpaired) electrons. The van der Waals surface area contributed by atoms with Gasteiger partial charge in [0.2, 0.25) is 0 Å². The molecule has 16 heavy (non-hydrogen) atoms. The predicted octanol–water partition coefficient (Wildman–Crippen LogP) is 3.58. The smallest absolute Gasteiger partial charge is 0.0732 e. The minimum Gasteiger partial charge on any atom is -0.391 e. The van der Waals surface area contributed by atoms with Crippen molar-refractivity contribution in [3.05, 3.63) is 33.8 Å². The van der Waals surface area contributed by atoms with Crippen LogP contribution in [0.5, 0.6) is 0 Å². The van der Waals surface area contributed by atoms with Crippen molar-refractivity contribution in [1.29, 1.82) is 0 Å². The Morgan fingerprint density at radius 3 is 2.44 bits per heavy atom. The van der Waals surface area contributed by atoms with E-state index in [2.05, 4.69) is 0 Å². The van der Waals surface area contributed by atoms with Crippen molar-refractivity contribution in [2.45, 2.75) is 31.9 Å². The Morgan fingerprint density at radius 1 is 1.31 bits per heavy atom. The van der Waals surface area contributed by atoms with E-state index in [4.69, 9.17) is 28.9 Å². The average Bonchev–Trinajstić information content (AvgIpc) is 2.21. The lowest BCUT2D eigenvalue weighted by Crippen LogP contribution is -2.25. The minimum absolute atomic E-state index is 0. The van der Waals surface area contributed by atoms with Crippen LogP contribution in [-0.2, 0) is 0 Å². The molecule has 0 aromatic heterocycles. The van der Waals surface area contributed by atoms with Crippen LogP contribution in [0.15, 0.2) is 18.2 Å². The topological polar surface area (TPSA) is 46.2 Å². The molecule has 0 amide bonds. The predicted molar refractivity (Wildman–Crippen MR) is 71.6 cm³/mol. The zero-order chi connectivity index (χ0) is 11.4. The number of aliphatic hydroxyl groups is 1. The molecule has 0 aliphatic heterocycles. The van der Waals surface area contributed by atoms with Gasteiger partial charge in [-0.25, -0.2) is 0 Å². The van der Waals surface area contributed by atoms with Crippen LogP contribution in [0.4, 0.5) is 0 Å². The SMILES string of the molecule is CCC[C@@H](O)[C@@H](N)c1ccc(Cl)c(Cl)c1.Cl. The van der Waals surface area contributed by atoms with Crippen molar-refractivity contribution in [2.75, 3.05) is 0 Å². The van der Waals surface area contributed by atoms with Crippen LogP contribution in [0, 0.1) is 0 Å². The van der Waals surface area contributed by atoms with Gasteiger partial charge in [-0.15, -0.1) is 12.4 Å². The highest BCUT2D eigenvalue weighted by Gasteiger charge is 2.16. The molecule has 0 spiro atoms. The Hall–Kier alpha value is 0.01000. The summed E-state index contributed by atoms with van der Waals surface area (Å²) in [5, 5.41) is 10.7. The molecule has 0 heterocycles. The summed E-state index contributed by atoms with van der Waals surface area (Å²) >= 11 is 11.7. The highest BCUT2D eigenvalue weighted by molar-refractivity contribution is 6.42. The van der Waals surface area contributed by atoms with Crippen molar-refractivity contribution in [2.24, 2.45) is 5.73 Å². The van der Waals surface area contributed by atoms with Gasteiger partial charge in [-0.1, -0.05) is 42.6 Å². The first-order valence-electron chi connectivity index (χ1n) is 4.94. The second-order valence-corrected chi connectivity index (χ2v) is 4.37. The van der Waals surface area contributed by atoms with E-state index >= 15 is 0 Å². The maximum atomic E-state index is 9.73. The third-order valence-corrected chi connectivity index (χ3v) is 3.07. The molecule has 0 saturated heterocycles. The summed E-state index contributed by atoms with van der Waals surface area (Å²) in [6.45, 7) is 2.00. The normalized spacial score (nSPS) is 14.1. The molecule has 2 atom stereocenters. The van der Waals surface area contributed by atoms with Gasteiger partial charge in [-0.2, -0.15) is 0 Å². The summed E-state index contributed by atoms with van der Waals surface area (Å²) in [6.07, 6.45) is 1.05. The minimum atomic E-state index is -0.535. The highest BCUT2D eigenvalue weighted by Crippen LogP contribution is 2.26. The van der Waals surface area contributed by atoms with Crippen LogP contribution >= 0.6 is 35.6 Å². The van der Waals surface area contributed by atoms with Gasteiger partial charge in [0.25, 0.3) is 0 Å². The van der Waals surface area contributed by atoms with Gasteiger partial charge in [0, 0.05) is 0 Å². The first-order valence-corrected chi connectivity index (χ1v) is 5.70. The second kappa shape index (κ2) is 7.36. The molecule has 5 heteroatoms. The van der Waals surface area contributed by atoms with Crippen LogP contribution in [0.25, 0.3) is 0 Å². The fourth-order valence-corrected chi connectivity index (χ4v) is 1.72. The van der Waals surface area contributed by atoms with E-state index in [9.17, 15) is 5.11 Å². The lowest BCUT2D eigenvalue weighted by molar-refractivity contribution is 0.134. The van der Waals surface area contributed by atoms with E-state index in [-0.39, 0.29) is 12.4 Å². The third-order valence-electron chi connectivity index (χ3n) is 2.33. The molecular formula is C11H16Cl3NO. The molecule has 3 N–H and O–H groups in total. The van der Waals surface area contributed by atoms with Crippen molar-refractivity contribution >= 4 is 35.6 Å². The molecule has 0 bridgehead atoms. The Morgan fingerprint density at radius 2 is 1.94 bits per heavy atom. The Kier molecular flexibility index (Phi) is 7.36. The van der Waals surface area contributed by atoms with Crippen LogP contribution in [0.2, 0.25) is 10.0 Å². The third kappa shape index (κ3) is 4.11. The van der Waals surface area contributed by atoms with Crippen molar-refractivity contribution in [3.63, 3.8) is 0 Å². The fraction of sp³-hybridized carbons (Fsp3) is 0.455. The monoisotopic (exact) mass is 283 g/mol. The van der Waals surface area contributed by atoms with Crippen LogP contribution in [0.3, 0.4) is 0 Å². The summed E-state index contributed by atoms with van der Waals surface area (Å²) in [5.41, 5.74) is 6.70. The van der Waals surface area contributed by atoms with Crippen LogP contribution in [-0.4, -0.2) is 11.2 Å². The Balaban J connectivity index is 0.00000225. The van der Waals surface area contributed by atoms with Gasteiger partial charge in [0.05, 0.1) is 22.2 Å². The van der Waals surface area contributed by atoms with E-state index in [0.29, 0.717) is 16.5 Å². The number of hydrogen-bond donors (Lipinski definition) is 2. The number of aliphatic hydroxyl groups excluding tert-OH is 1. The Labute approximate surface area is 112 Å². The van der Waals surface area contributed by atoms with Crippen molar-refractivity contribution in [3.8, 4) is 0 Å². The van der Waals surface area contributed by atoms with E-state index in [0.717, 1.165) is 12.0 Å². The second-order valence-electron chi connectivity index (χ2n) is 3.56. The van der Waals surface area contributed by atoms with E-state index < -0.39 is 12.1 Å². The molecule has 0 fully saturated rings. The molecular weight excluding hydrogens is 268 g/mol. The molecule has 0 unspecified atom stereocenters. The van der Waals surface area contributed by atoms with Gasteiger partial charge in [0.15, 0.2) is 0 Å². The summed E-state index contributed by atoms with van der Waals surface area (Å²) < 4.78 is 0. The number of benzene rings is 1. The largest absolute Gasteiger partial charge is 0.391 e. The van der Waals surface area contributed by atoms with E-state index in [1.807, 2.05) is 6.92 Å². The Bertz CT molecular complexity index is 333. The number of hydrogen-bond acceptors (Lipinski definition) is 2. The first-order chi connectivity index (χ1) is 7.06. The van der Waals surface area contributed by atoms with Gasteiger partial charge >= 0.3 is 0 Å². The van der Waals surface area contributed by atoms with Gasteiger partial charge in [-0.05, 0) is 24.1 Å². The quantitative estimate of drug-likeness (QED) is 0.888. The van der Waals surface area contributed by atoms with Crippen molar-refractivity contribution < 1.29 is 5.11 Å². The maximum absolute atomic E-state index is 9.73. The first kappa shape index (κ1) is 16.0. The van der Waals surface area contributed by atoms with Crippen molar-refractivity contribution in [1.82, 2.24) is 0 Å². The lowest BCUT2D eigenvalue weighted by atomic mass is 9.99. The van der Waals surface area contributed by atoms with Crippen LogP contribution < -0.4 is 5.73 Å². The van der Waals surface area contributed by atoms with Gasteiger partial charge in [-0.3, -0.25) is 0 Å². The summed E-state index contributed by atoms with van der Waals surface area (Å²) in [6, 6.07) is 4.78. The zero-order valence-electron chi connectivity index (χ0n) is 8.99. The summed E-state index contributed by atoms with van der Waals surface area (Å²) in [7, 11) is 0. The molecule has 1 rings (SSSR count). The number of halogens is 3. The molecule has 2 nitrogen and oxygen atoms in total. The van der Waals surface area contributed by atoms with Crippen LogP contribution in [0.1, 0.15) is 31.4 Å². The van der Waals surface area contributed by atoms with E-state index in [1.54, 1.807) is 18.2 Å². The highest BCUT2D eigenvalue weighted by atomic mass is 35.5. The average molecular weight is 285 g/mol. The summed E-state index contributed by atoms with van der Waals surface area (Å²) in [5.74, 6) is 0. The molecule has 1 aromatic carbocycles. The zero-order valence-corrected chi connectivity index (χ0v) is 11.3. The molecule has 0 aliphatic rings. The van der Waals surface area contributed by atoms with Gasteiger partial charge < -0.3 is 10.8 Å². The number of nitrogens with two attached hydrogens (primary N) is 1. The number of rotatable bonds is 4. The lowest BCUT2D eigenvalue weighted by Gasteiger charge is -2.18. The van der Waals surface area contributed by atoms with Gasteiger partial charge in [0.1, 0.15) is 0 Å². The molecule has 0 saturated carbocycles. The molecule has 92 valence electrons. The molecule has 1 aromatic rings. The van der Waals surface area contributed by atoms with E-state index in [1.165, 1.54) is 0 Å². The maximum Gasteiger partial charge on any atom is 0.0732 e. The molecule has 0 aliphatic carbocycles. The summed E-state index contributed by atoms with van der Waals surface area (Å²) in [4.78, 5) is 0.